The summed E-state index contributed by atoms with van der Waals surface area (Å²) in [4.78, 5) is 13.7. The Balaban J connectivity index is 2.10. The second kappa shape index (κ2) is 5.85. The number of hydrogen-bond acceptors (Lipinski definition) is 4. The van der Waals surface area contributed by atoms with Gasteiger partial charge in [0, 0.05) is 23.8 Å². The van der Waals surface area contributed by atoms with E-state index in [0.29, 0.717) is 22.9 Å². The molecule has 0 unspecified atom stereocenters. The van der Waals surface area contributed by atoms with Gasteiger partial charge >= 0.3 is 0 Å². The van der Waals surface area contributed by atoms with Crippen LogP contribution in [0.15, 0.2) is 17.0 Å². The number of nitrogens with zero attached hydrogens (tertiary/aromatic N) is 1. The van der Waals surface area contributed by atoms with Gasteiger partial charge in [-0.15, -0.1) is 0 Å². The van der Waals surface area contributed by atoms with Gasteiger partial charge in [-0.05, 0) is 49.9 Å². The first-order valence-electron chi connectivity index (χ1n) is 6.64. The molecule has 1 aliphatic rings. The molecule has 0 heterocycles. The van der Waals surface area contributed by atoms with Crippen LogP contribution in [0.1, 0.15) is 24.0 Å². The van der Waals surface area contributed by atoms with E-state index in [4.69, 9.17) is 15.4 Å². The molecule has 1 saturated carbocycles. The lowest BCUT2D eigenvalue weighted by molar-refractivity contribution is -0.132. The summed E-state index contributed by atoms with van der Waals surface area (Å²) in [5, 5.41) is 0. The Morgan fingerprint density at radius 3 is 2.48 bits per heavy atom. The first-order valence-corrected chi connectivity index (χ1v) is 8.95. The zero-order valence-corrected chi connectivity index (χ0v) is 13.8. The van der Waals surface area contributed by atoms with E-state index in [0.717, 1.165) is 12.8 Å². The number of ether oxygens (including phenoxy) is 1. The van der Waals surface area contributed by atoms with E-state index >= 15 is 0 Å². The van der Waals surface area contributed by atoms with Crippen LogP contribution in [0, 0.1) is 13.8 Å². The van der Waals surface area contributed by atoms with E-state index in [-0.39, 0.29) is 17.4 Å². The molecular weight excluding hydrogens is 314 g/mol. The summed E-state index contributed by atoms with van der Waals surface area (Å²) in [6.07, 6.45) is 2.09. The summed E-state index contributed by atoms with van der Waals surface area (Å²) in [5.41, 5.74) is 1.12. The SMILES string of the molecule is Cc1cc(S(=O)(=O)Cl)c(C)cc1OCC(=O)N(C)C1CC1. The van der Waals surface area contributed by atoms with Crippen LogP contribution in [0.2, 0.25) is 0 Å². The third kappa shape index (κ3) is 3.89. The van der Waals surface area contributed by atoms with Crippen molar-refractivity contribution in [2.75, 3.05) is 13.7 Å². The second-order valence-corrected chi connectivity index (χ2v) is 7.88. The molecule has 0 spiro atoms. The van der Waals surface area contributed by atoms with Crippen molar-refractivity contribution < 1.29 is 17.9 Å². The molecule has 1 aliphatic carbocycles. The maximum atomic E-state index is 11.9. The summed E-state index contributed by atoms with van der Waals surface area (Å²) >= 11 is 0. The maximum absolute atomic E-state index is 11.9. The molecule has 1 aromatic carbocycles. The molecule has 0 bridgehead atoms. The Morgan fingerprint density at radius 2 is 1.95 bits per heavy atom. The number of carbonyl (C=O) groups excluding carboxylic acids is 1. The van der Waals surface area contributed by atoms with Gasteiger partial charge < -0.3 is 9.64 Å². The van der Waals surface area contributed by atoms with Crippen LogP contribution < -0.4 is 4.74 Å². The molecule has 1 fully saturated rings. The Labute approximate surface area is 129 Å². The van der Waals surface area contributed by atoms with E-state index in [1.807, 2.05) is 0 Å². The largest absolute Gasteiger partial charge is 0.483 e. The zero-order valence-electron chi connectivity index (χ0n) is 12.2. The molecule has 0 aromatic heterocycles. The van der Waals surface area contributed by atoms with Crippen LogP contribution in [-0.4, -0.2) is 38.9 Å². The standard InChI is InChI=1S/C14H18ClNO4S/c1-9-7-13(21(15,18)19)10(2)6-12(9)20-8-14(17)16(3)11-4-5-11/h6-7,11H,4-5,8H2,1-3H3. The first-order chi connectivity index (χ1) is 9.70. The van der Waals surface area contributed by atoms with Gasteiger partial charge in [0.1, 0.15) is 5.75 Å². The van der Waals surface area contributed by atoms with Gasteiger partial charge in [-0.1, -0.05) is 0 Å². The topological polar surface area (TPSA) is 63.7 Å². The molecule has 21 heavy (non-hydrogen) atoms. The van der Waals surface area contributed by atoms with Crippen molar-refractivity contribution >= 4 is 25.6 Å². The summed E-state index contributed by atoms with van der Waals surface area (Å²) in [6.45, 7) is 3.30. The van der Waals surface area contributed by atoms with Crippen molar-refractivity contribution in [2.24, 2.45) is 0 Å². The highest BCUT2D eigenvalue weighted by molar-refractivity contribution is 8.13. The fourth-order valence-electron chi connectivity index (χ4n) is 2.09. The molecule has 1 amide bonds. The van der Waals surface area contributed by atoms with Gasteiger partial charge in [-0.2, -0.15) is 0 Å². The van der Waals surface area contributed by atoms with Crippen molar-refractivity contribution in [1.29, 1.82) is 0 Å². The average molecular weight is 332 g/mol. The lowest BCUT2D eigenvalue weighted by Crippen LogP contribution is -2.33. The number of aryl methyl sites for hydroxylation is 2. The summed E-state index contributed by atoms with van der Waals surface area (Å²) in [7, 11) is 3.36. The minimum absolute atomic E-state index is 0.0553. The van der Waals surface area contributed by atoms with Crippen molar-refractivity contribution in [3.05, 3.63) is 23.3 Å². The molecule has 116 valence electrons. The fraction of sp³-hybridized carbons (Fsp3) is 0.500. The molecule has 0 N–H and O–H groups in total. The molecule has 0 radical (unpaired) electrons. The molecule has 0 saturated heterocycles. The Morgan fingerprint density at radius 1 is 1.33 bits per heavy atom. The third-order valence-electron chi connectivity index (χ3n) is 3.57. The van der Waals surface area contributed by atoms with Crippen LogP contribution >= 0.6 is 10.7 Å². The number of likely N-dealkylation sites (N-methyl/N-ethyl adjacent to an activating group) is 1. The van der Waals surface area contributed by atoms with Crippen LogP contribution in [0.25, 0.3) is 0 Å². The van der Waals surface area contributed by atoms with Gasteiger partial charge in [0.2, 0.25) is 0 Å². The number of halogens is 1. The molecule has 7 heteroatoms. The predicted molar refractivity (Wildman–Crippen MR) is 80.2 cm³/mol. The highest BCUT2D eigenvalue weighted by Crippen LogP contribution is 2.28. The maximum Gasteiger partial charge on any atom is 0.261 e. The van der Waals surface area contributed by atoms with Crippen molar-refractivity contribution in [1.82, 2.24) is 4.90 Å². The minimum atomic E-state index is -3.78. The average Bonchev–Trinajstić information content (AvgIpc) is 3.21. The van der Waals surface area contributed by atoms with E-state index in [1.54, 1.807) is 31.9 Å². The molecule has 0 atom stereocenters. The summed E-state index contributed by atoms with van der Waals surface area (Å²) < 4.78 is 28.4. The monoisotopic (exact) mass is 331 g/mol. The van der Waals surface area contributed by atoms with Gasteiger partial charge in [-0.3, -0.25) is 4.79 Å². The quantitative estimate of drug-likeness (QED) is 0.776. The zero-order chi connectivity index (χ0) is 15.8. The Bertz CT molecular complexity index is 668. The Hall–Kier alpha value is -1.27. The van der Waals surface area contributed by atoms with Crippen molar-refractivity contribution in [2.45, 2.75) is 37.6 Å². The van der Waals surface area contributed by atoms with Crippen LogP contribution in [0.4, 0.5) is 0 Å². The number of carbonyl (C=O) groups is 1. The molecule has 0 aliphatic heterocycles. The van der Waals surface area contributed by atoms with Crippen molar-refractivity contribution in [3.8, 4) is 5.75 Å². The lowest BCUT2D eigenvalue weighted by atomic mass is 10.1. The first kappa shape index (κ1) is 16.1. The third-order valence-corrected chi connectivity index (χ3v) is 5.04. The van der Waals surface area contributed by atoms with Crippen molar-refractivity contribution in [3.63, 3.8) is 0 Å². The second-order valence-electron chi connectivity index (χ2n) is 5.35. The number of rotatable bonds is 5. The normalized spacial score (nSPS) is 14.9. The smallest absolute Gasteiger partial charge is 0.261 e. The summed E-state index contributed by atoms with van der Waals surface area (Å²) in [6, 6.07) is 3.39. The molecule has 5 nitrogen and oxygen atoms in total. The van der Waals surface area contributed by atoms with Gasteiger partial charge in [0.15, 0.2) is 6.61 Å². The van der Waals surface area contributed by atoms with E-state index in [9.17, 15) is 13.2 Å². The number of benzene rings is 1. The molecular formula is C14H18ClNO4S. The van der Waals surface area contributed by atoms with Gasteiger partial charge in [0.05, 0.1) is 4.90 Å². The minimum Gasteiger partial charge on any atom is -0.483 e. The molecule has 1 aromatic rings. The van der Waals surface area contributed by atoms with E-state index in [2.05, 4.69) is 0 Å². The fourth-order valence-corrected chi connectivity index (χ4v) is 3.35. The predicted octanol–water partition coefficient (Wildman–Crippen LogP) is 2.23. The van der Waals surface area contributed by atoms with E-state index < -0.39 is 9.05 Å². The number of amides is 1. The van der Waals surface area contributed by atoms with Gasteiger partial charge in [-0.25, -0.2) is 8.42 Å². The highest BCUT2D eigenvalue weighted by atomic mass is 35.7. The van der Waals surface area contributed by atoms with Crippen LogP contribution in [0.3, 0.4) is 0 Å². The number of hydrogen-bond donors (Lipinski definition) is 0. The summed E-state index contributed by atoms with van der Waals surface area (Å²) in [5.74, 6) is 0.415. The van der Waals surface area contributed by atoms with Crippen LogP contribution in [-0.2, 0) is 13.8 Å². The van der Waals surface area contributed by atoms with Gasteiger partial charge in [0.25, 0.3) is 15.0 Å². The van der Waals surface area contributed by atoms with Crippen LogP contribution in [0.5, 0.6) is 5.75 Å². The highest BCUT2D eigenvalue weighted by Gasteiger charge is 2.29. The van der Waals surface area contributed by atoms with E-state index in [1.165, 1.54) is 6.07 Å². The lowest BCUT2D eigenvalue weighted by Gasteiger charge is -2.17. The molecule has 2 rings (SSSR count). The Kier molecular flexibility index (Phi) is 4.49.